The first-order valence-corrected chi connectivity index (χ1v) is 4.47. The van der Waals surface area contributed by atoms with Crippen LogP contribution in [-0.4, -0.2) is 23.8 Å². The molecule has 1 aliphatic rings. The Bertz CT molecular complexity index is 201. The second kappa shape index (κ2) is 3.70. The zero-order valence-electron chi connectivity index (χ0n) is 7.67. The van der Waals surface area contributed by atoms with E-state index in [0.29, 0.717) is 6.42 Å². The number of hydrogen-bond acceptors (Lipinski definition) is 2. The van der Waals surface area contributed by atoms with Crippen molar-refractivity contribution in [1.29, 1.82) is 0 Å². The van der Waals surface area contributed by atoms with Crippen LogP contribution in [0.5, 0.6) is 0 Å². The standard InChI is InChI=1S/C9H15NO2/c1-3-4-7-5-6-8(11)10(2)9(7)12/h7H,3-6H2,1-2H3. The molecule has 1 atom stereocenters. The average molecular weight is 169 g/mol. The van der Waals surface area contributed by atoms with Gasteiger partial charge in [0.1, 0.15) is 0 Å². The summed E-state index contributed by atoms with van der Waals surface area (Å²) in [5.74, 6) is 0.0677. The first kappa shape index (κ1) is 9.23. The van der Waals surface area contributed by atoms with Crippen molar-refractivity contribution >= 4 is 11.8 Å². The summed E-state index contributed by atoms with van der Waals surface area (Å²) >= 11 is 0. The fraction of sp³-hybridized carbons (Fsp3) is 0.778. The molecular weight excluding hydrogens is 154 g/mol. The smallest absolute Gasteiger partial charge is 0.232 e. The number of hydrogen-bond donors (Lipinski definition) is 0. The van der Waals surface area contributed by atoms with E-state index in [9.17, 15) is 9.59 Å². The number of nitrogens with zero attached hydrogens (tertiary/aromatic N) is 1. The van der Waals surface area contributed by atoms with E-state index in [4.69, 9.17) is 0 Å². The van der Waals surface area contributed by atoms with Gasteiger partial charge in [-0.3, -0.25) is 14.5 Å². The molecule has 0 spiro atoms. The zero-order chi connectivity index (χ0) is 9.14. The summed E-state index contributed by atoms with van der Waals surface area (Å²) < 4.78 is 0. The lowest BCUT2D eigenvalue weighted by atomic mass is 9.93. The predicted octanol–water partition coefficient (Wildman–Crippen LogP) is 1.18. The molecule has 0 aromatic rings. The number of imide groups is 1. The van der Waals surface area contributed by atoms with Crippen molar-refractivity contribution in [2.45, 2.75) is 32.6 Å². The molecule has 1 heterocycles. The predicted molar refractivity (Wildman–Crippen MR) is 45.4 cm³/mol. The van der Waals surface area contributed by atoms with Crippen molar-refractivity contribution in [2.75, 3.05) is 7.05 Å². The molecule has 0 bridgehead atoms. The van der Waals surface area contributed by atoms with Crippen LogP contribution in [0.2, 0.25) is 0 Å². The van der Waals surface area contributed by atoms with Gasteiger partial charge in [0.05, 0.1) is 0 Å². The van der Waals surface area contributed by atoms with Crippen molar-refractivity contribution < 1.29 is 9.59 Å². The monoisotopic (exact) mass is 169 g/mol. The van der Waals surface area contributed by atoms with E-state index >= 15 is 0 Å². The number of carbonyl (C=O) groups is 2. The second-order valence-corrected chi connectivity index (χ2v) is 3.32. The maximum Gasteiger partial charge on any atom is 0.232 e. The maximum absolute atomic E-state index is 11.4. The Labute approximate surface area is 72.7 Å². The number of carbonyl (C=O) groups excluding carboxylic acids is 2. The summed E-state index contributed by atoms with van der Waals surface area (Å²) in [7, 11) is 1.58. The van der Waals surface area contributed by atoms with Gasteiger partial charge in [0, 0.05) is 19.4 Å². The van der Waals surface area contributed by atoms with Crippen molar-refractivity contribution in [1.82, 2.24) is 4.90 Å². The fourth-order valence-electron chi connectivity index (χ4n) is 1.60. The lowest BCUT2D eigenvalue weighted by molar-refractivity contribution is -0.150. The van der Waals surface area contributed by atoms with E-state index in [-0.39, 0.29) is 17.7 Å². The molecule has 3 nitrogen and oxygen atoms in total. The number of rotatable bonds is 2. The maximum atomic E-state index is 11.4. The summed E-state index contributed by atoms with van der Waals surface area (Å²) in [4.78, 5) is 23.8. The van der Waals surface area contributed by atoms with Crippen LogP contribution in [0.25, 0.3) is 0 Å². The molecular formula is C9H15NO2. The third-order valence-corrected chi connectivity index (χ3v) is 2.40. The van der Waals surface area contributed by atoms with E-state index in [2.05, 4.69) is 6.92 Å². The van der Waals surface area contributed by atoms with Gasteiger partial charge in [-0.25, -0.2) is 0 Å². The molecule has 0 aromatic heterocycles. The summed E-state index contributed by atoms with van der Waals surface area (Å²) in [6.45, 7) is 2.06. The van der Waals surface area contributed by atoms with Crippen LogP contribution in [0.1, 0.15) is 32.6 Å². The lowest BCUT2D eigenvalue weighted by Crippen LogP contribution is -2.42. The molecule has 0 radical (unpaired) electrons. The highest BCUT2D eigenvalue weighted by atomic mass is 16.2. The SMILES string of the molecule is CCCC1CCC(=O)N(C)C1=O. The highest BCUT2D eigenvalue weighted by Gasteiger charge is 2.30. The number of likely N-dealkylation sites (tertiary alicyclic amines) is 1. The minimum absolute atomic E-state index is 0.00750. The summed E-state index contributed by atoms with van der Waals surface area (Å²) in [5, 5.41) is 0. The zero-order valence-corrected chi connectivity index (χ0v) is 7.67. The van der Waals surface area contributed by atoms with Crippen molar-refractivity contribution in [3.8, 4) is 0 Å². The molecule has 0 N–H and O–H groups in total. The average Bonchev–Trinajstić information content (AvgIpc) is 2.07. The Morgan fingerprint density at radius 3 is 2.75 bits per heavy atom. The molecule has 1 unspecified atom stereocenters. The van der Waals surface area contributed by atoms with E-state index in [1.54, 1.807) is 7.05 Å². The quantitative estimate of drug-likeness (QED) is 0.582. The molecule has 0 aromatic carbocycles. The van der Waals surface area contributed by atoms with Crippen LogP contribution < -0.4 is 0 Å². The summed E-state index contributed by atoms with van der Waals surface area (Å²) in [5.41, 5.74) is 0. The number of piperidine rings is 1. The third-order valence-electron chi connectivity index (χ3n) is 2.40. The molecule has 0 aliphatic carbocycles. The van der Waals surface area contributed by atoms with E-state index in [1.807, 2.05) is 0 Å². The Morgan fingerprint density at radius 1 is 1.50 bits per heavy atom. The third kappa shape index (κ3) is 1.65. The Kier molecular flexibility index (Phi) is 2.84. The largest absolute Gasteiger partial charge is 0.286 e. The van der Waals surface area contributed by atoms with Crippen molar-refractivity contribution in [3.63, 3.8) is 0 Å². The molecule has 1 fully saturated rings. The first-order valence-electron chi connectivity index (χ1n) is 4.47. The van der Waals surface area contributed by atoms with Crippen LogP contribution >= 0.6 is 0 Å². The van der Waals surface area contributed by atoms with E-state index < -0.39 is 0 Å². The van der Waals surface area contributed by atoms with Gasteiger partial charge in [-0.05, 0) is 12.8 Å². The minimum atomic E-state index is -0.0349. The topological polar surface area (TPSA) is 37.4 Å². The first-order chi connectivity index (χ1) is 5.66. The van der Waals surface area contributed by atoms with E-state index in [0.717, 1.165) is 19.3 Å². The lowest BCUT2D eigenvalue weighted by Gasteiger charge is -2.27. The normalized spacial score (nSPS) is 24.8. The second-order valence-electron chi connectivity index (χ2n) is 3.32. The molecule has 12 heavy (non-hydrogen) atoms. The summed E-state index contributed by atoms with van der Waals surface area (Å²) in [6, 6.07) is 0. The van der Waals surface area contributed by atoms with Crippen LogP contribution in [0.3, 0.4) is 0 Å². The molecule has 0 saturated carbocycles. The minimum Gasteiger partial charge on any atom is -0.286 e. The van der Waals surface area contributed by atoms with Gasteiger partial charge < -0.3 is 0 Å². The Morgan fingerprint density at radius 2 is 2.17 bits per heavy atom. The molecule has 1 rings (SSSR count). The van der Waals surface area contributed by atoms with Gasteiger partial charge in [0.15, 0.2) is 0 Å². The van der Waals surface area contributed by atoms with E-state index in [1.165, 1.54) is 4.90 Å². The fourth-order valence-corrected chi connectivity index (χ4v) is 1.60. The molecule has 68 valence electrons. The Hall–Kier alpha value is -0.860. The van der Waals surface area contributed by atoms with Crippen LogP contribution in [0.15, 0.2) is 0 Å². The van der Waals surface area contributed by atoms with Crippen molar-refractivity contribution in [2.24, 2.45) is 5.92 Å². The van der Waals surface area contributed by atoms with Gasteiger partial charge in [-0.1, -0.05) is 13.3 Å². The van der Waals surface area contributed by atoms with Gasteiger partial charge in [0.25, 0.3) is 0 Å². The van der Waals surface area contributed by atoms with Gasteiger partial charge in [0.2, 0.25) is 11.8 Å². The molecule has 2 amide bonds. The van der Waals surface area contributed by atoms with Gasteiger partial charge >= 0.3 is 0 Å². The highest BCUT2D eigenvalue weighted by Crippen LogP contribution is 2.21. The number of amides is 2. The van der Waals surface area contributed by atoms with Gasteiger partial charge in [-0.15, -0.1) is 0 Å². The van der Waals surface area contributed by atoms with Crippen LogP contribution in [-0.2, 0) is 9.59 Å². The van der Waals surface area contributed by atoms with Crippen molar-refractivity contribution in [3.05, 3.63) is 0 Å². The molecule has 3 heteroatoms. The van der Waals surface area contributed by atoms with Crippen LogP contribution in [0, 0.1) is 5.92 Å². The molecule has 1 saturated heterocycles. The Balaban J connectivity index is 2.59. The highest BCUT2D eigenvalue weighted by molar-refractivity contribution is 5.98. The van der Waals surface area contributed by atoms with Gasteiger partial charge in [-0.2, -0.15) is 0 Å². The summed E-state index contributed by atoms with van der Waals surface area (Å²) in [6.07, 6.45) is 3.21. The molecule has 1 aliphatic heterocycles. The van der Waals surface area contributed by atoms with Crippen LogP contribution in [0.4, 0.5) is 0 Å².